The maximum Gasteiger partial charge on any atom is 0.335 e. The van der Waals surface area contributed by atoms with Gasteiger partial charge in [0, 0.05) is 5.69 Å². The third kappa shape index (κ3) is 3.69. The highest BCUT2D eigenvalue weighted by atomic mass is 16.5. The third-order valence-corrected chi connectivity index (χ3v) is 7.29. The fourth-order valence-corrected chi connectivity index (χ4v) is 6.41. The van der Waals surface area contributed by atoms with Crippen molar-refractivity contribution >= 4 is 17.6 Å². The van der Waals surface area contributed by atoms with Gasteiger partial charge in [-0.3, -0.25) is 4.79 Å². The summed E-state index contributed by atoms with van der Waals surface area (Å²) in [5.41, 5.74) is 2.54. The monoisotopic (exact) mass is 405 g/mol. The van der Waals surface area contributed by atoms with E-state index in [1.165, 1.54) is 56.2 Å². The lowest BCUT2D eigenvalue weighted by Gasteiger charge is -2.57. The molecule has 0 spiro atoms. The Bertz CT molecular complexity index is 913. The number of carbonyl (C=O) groups excluding carboxylic acids is 1. The van der Waals surface area contributed by atoms with Crippen molar-refractivity contribution in [3.63, 3.8) is 0 Å². The highest BCUT2D eigenvalue weighted by molar-refractivity contribution is 5.93. The number of carbonyl (C=O) groups is 2. The first-order chi connectivity index (χ1) is 14.5. The molecule has 0 heterocycles. The largest absolute Gasteiger partial charge is 0.484 e. The molecule has 0 aliphatic heterocycles. The predicted molar refractivity (Wildman–Crippen MR) is 114 cm³/mol. The van der Waals surface area contributed by atoms with E-state index in [0.29, 0.717) is 16.9 Å². The highest BCUT2D eigenvalue weighted by Crippen LogP contribution is 2.60. The molecular weight excluding hydrogens is 378 g/mol. The maximum atomic E-state index is 12.1. The summed E-state index contributed by atoms with van der Waals surface area (Å²) >= 11 is 0. The van der Waals surface area contributed by atoms with E-state index in [4.69, 9.17) is 9.84 Å². The van der Waals surface area contributed by atoms with Gasteiger partial charge in [-0.1, -0.05) is 12.1 Å². The van der Waals surface area contributed by atoms with Gasteiger partial charge in [0.15, 0.2) is 6.61 Å². The highest BCUT2D eigenvalue weighted by Gasteiger charge is 2.51. The molecule has 2 aromatic carbocycles. The summed E-state index contributed by atoms with van der Waals surface area (Å²) in [6, 6.07) is 14.4. The van der Waals surface area contributed by atoms with Gasteiger partial charge in [0.25, 0.3) is 5.91 Å². The molecule has 5 nitrogen and oxygen atoms in total. The molecule has 0 radical (unpaired) electrons. The van der Waals surface area contributed by atoms with E-state index >= 15 is 0 Å². The summed E-state index contributed by atoms with van der Waals surface area (Å²) in [6.07, 6.45) is 8.32. The zero-order chi connectivity index (χ0) is 20.7. The SMILES string of the molecule is O=C(COc1ccc(C23CC4CC(CC(C4)C2)C3)cc1)Nc1ccc(C(=O)O)cc1. The zero-order valence-electron chi connectivity index (χ0n) is 17.0. The average molecular weight is 405 g/mol. The van der Waals surface area contributed by atoms with Crippen LogP contribution in [0.15, 0.2) is 48.5 Å². The van der Waals surface area contributed by atoms with Gasteiger partial charge in [0.05, 0.1) is 5.56 Å². The third-order valence-electron chi connectivity index (χ3n) is 7.29. The summed E-state index contributed by atoms with van der Waals surface area (Å²) in [4.78, 5) is 23.0. The van der Waals surface area contributed by atoms with Crippen LogP contribution in [0.3, 0.4) is 0 Å². The van der Waals surface area contributed by atoms with Crippen molar-refractivity contribution in [2.75, 3.05) is 11.9 Å². The van der Waals surface area contributed by atoms with Crippen LogP contribution < -0.4 is 10.1 Å². The number of rotatable bonds is 6. The van der Waals surface area contributed by atoms with E-state index in [0.717, 1.165) is 17.8 Å². The van der Waals surface area contributed by atoms with Gasteiger partial charge >= 0.3 is 5.97 Å². The Morgan fingerprint density at radius 2 is 1.47 bits per heavy atom. The van der Waals surface area contributed by atoms with E-state index in [9.17, 15) is 9.59 Å². The van der Waals surface area contributed by atoms with Gasteiger partial charge in [-0.05, 0) is 104 Å². The molecule has 5 heteroatoms. The molecule has 4 saturated carbocycles. The molecule has 2 aromatic rings. The minimum absolute atomic E-state index is 0.0859. The van der Waals surface area contributed by atoms with E-state index < -0.39 is 5.97 Å². The first-order valence-corrected chi connectivity index (χ1v) is 10.9. The number of anilines is 1. The molecule has 0 atom stereocenters. The number of amides is 1. The van der Waals surface area contributed by atoms with Crippen LogP contribution >= 0.6 is 0 Å². The molecule has 6 rings (SSSR count). The molecule has 0 aromatic heterocycles. The van der Waals surface area contributed by atoms with Gasteiger partial charge in [-0.25, -0.2) is 4.79 Å². The first kappa shape index (κ1) is 19.2. The van der Waals surface area contributed by atoms with Crippen molar-refractivity contribution in [1.29, 1.82) is 0 Å². The fourth-order valence-electron chi connectivity index (χ4n) is 6.41. The standard InChI is InChI=1S/C25H27NO4/c27-23(26-21-5-1-19(2-6-21)24(28)29)15-30-22-7-3-20(4-8-22)25-12-16-9-17(13-25)11-18(10-16)14-25/h1-8,16-18H,9-15H2,(H,26,27)(H,28,29). The van der Waals surface area contributed by atoms with E-state index in [-0.39, 0.29) is 18.1 Å². The smallest absolute Gasteiger partial charge is 0.335 e. The molecule has 1 amide bonds. The number of carboxylic acids is 1. The number of hydrogen-bond acceptors (Lipinski definition) is 3. The predicted octanol–water partition coefficient (Wildman–Crippen LogP) is 4.87. The molecule has 0 unspecified atom stereocenters. The maximum absolute atomic E-state index is 12.1. The van der Waals surface area contributed by atoms with Crippen LogP contribution in [-0.2, 0) is 10.2 Å². The lowest BCUT2D eigenvalue weighted by molar-refractivity contribution is -0.118. The Balaban J connectivity index is 1.18. The quantitative estimate of drug-likeness (QED) is 0.719. The number of aromatic carboxylic acids is 1. The summed E-state index contributed by atoms with van der Waals surface area (Å²) in [7, 11) is 0. The summed E-state index contributed by atoms with van der Waals surface area (Å²) in [5, 5.41) is 11.6. The summed E-state index contributed by atoms with van der Waals surface area (Å²) in [6.45, 7) is -0.0859. The molecule has 30 heavy (non-hydrogen) atoms. The Labute approximate surface area is 176 Å². The fraction of sp³-hybridized carbons (Fsp3) is 0.440. The Morgan fingerprint density at radius 1 is 0.900 bits per heavy atom. The van der Waals surface area contributed by atoms with Gasteiger partial charge in [-0.2, -0.15) is 0 Å². The zero-order valence-corrected chi connectivity index (χ0v) is 17.0. The van der Waals surface area contributed by atoms with Gasteiger partial charge in [0.2, 0.25) is 0 Å². The molecule has 4 aliphatic carbocycles. The van der Waals surface area contributed by atoms with E-state index in [2.05, 4.69) is 17.4 Å². The van der Waals surface area contributed by atoms with Crippen molar-refractivity contribution in [2.24, 2.45) is 17.8 Å². The minimum Gasteiger partial charge on any atom is -0.484 e. The van der Waals surface area contributed by atoms with Crippen LogP contribution in [0.1, 0.15) is 54.4 Å². The lowest BCUT2D eigenvalue weighted by atomic mass is 9.48. The second-order valence-corrected chi connectivity index (χ2v) is 9.44. The van der Waals surface area contributed by atoms with Crippen molar-refractivity contribution in [3.05, 3.63) is 59.7 Å². The van der Waals surface area contributed by atoms with Crippen molar-refractivity contribution in [3.8, 4) is 5.75 Å². The Morgan fingerprint density at radius 3 is 2.00 bits per heavy atom. The van der Waals surface area contributed by atoms with Crippen LogP contribution in [0.25, 0.3) is 0 Å². The Kier molecular flexibility index (Phi) is 4.76. The second kappa shape index (κ2) is 7.46. The molecule has 156 valence electrons. The molecule has 4 aliphatic rings. The average Bonchev–Trinajstić information content (AvgIpc) is 2.72. The number of hydrogen-bond donors (Lipinski definition) is 2. The van der Waals surface area contributed by atoms with Gasteiger partial charge in [-0.15, -0.1) is 0 Å². The van der Waals surface area contributed by atoms with Crippen molar-refractivity contribution in [2.45, 2.75) is 43.9 Å². The second-order valence-electron chi connectivity index (χ2n) is 9.44. The van der Waals surface area contributed by atoms with E-state index in [1.54, 1.807) is 12.1 Å². The van der Waals surface area contributed by atoms with Crippen molar-refractivity contribution in [1.82, 2.24) is 0 Å². The molecule has 4 fully saturated rings. The van der Waals surface area contributed by atoms with Crippen LogP contribution in [0.5, 0.6) is 5.75 Å². The summed E-state index contributed by atoms with van der Waals surface area (Å²) < 4.78 is 5.67. The number of nitrogens with one attached hydrogen (secondary N) is 1. The molecule has 0 saturated heterocycles. The van der Waals surface area contributed by atoms with Crippen LogP contribution in [0.2, 0.25) is 0 Å². The number of benzene rings is 2. The number of ether oxygens (including phenoxy) is 1. The molecular formula is C25H27NO4. The topological polar surface area (TPSA) is 75.6 Å². The normalized spacial score (nSPS) is 28.9. The Hall–Kier alpha value is -2.82. The molecule has 4 bridgehead atoms. The van der Waals surface area contributed by atoms with Crippen molar-refractivity contribution < 1.29 is 19.4 Å². The van der Waals surface area contributed by atoms with Crippen LogP contribution in [0.4, 0.5) is 5.69 Å². The molecule has 2 N–H and O–H groups in total. The van der Waals surface area contributed by atoms with Gasteiger partial charge in [0.1, 0.15) is 5.75 Å². The first-order valence-electron chi connectivity index (χ1n) is 10.9. The number of carboxylic acid groups (broad SMARTS) is 1. The van der Waals surface area contributed by atoms with Crippen LogP contribution in [0, 0.1) is 17.8 Å². The lowest BCUT2D eigenvalue weighted by Crippen LogP contribution is -2.48. The minimum atomic E-state index is -0.992. The van der Waals surface area contributed by atoms with E-state index in [1.807, 2.05) is 12.1 Å². The van der Waals surface area contributed by atoms with Gasteiger partial charge < -0.3 is 15.2 Å². The van der Waals surface area contributed by atoms with Crippen LogP contribution in [-0.4, -0.2) is 23.6 Å². The summed E-state index contributed by atoms with van der Waals surface area (Å²) in [5.74, 6) is 2.18.